The zero-order chi connectivity index (χ0) is 19.1. The van der Waals surface area contributed by atoms with Crippen molar-refractivity contribution in [1.29, 1.82) is 0 Å². The topological polar surface area (TPSA) is 9.23 Å². The van der Waals surface area contributed by atoms with Gasteiger partial charge in [0.2, 0.25) is 0 Å². The zero-order valence-corrected chi connectivity index (χ0v) is 14.0. The number of allylic oxidation sites excluding steroid dienone is 1. The molecule has 0 saturated carbocycles. The van der Waals surface area contributed by atoms with Gasteiger partial charge in [0, 0.05) is 11.6 Å². The minimum Gasteiger partial charge on any atom is -0.459 e. The molecule has 2 aromatic carbocycles. The Labute approximate surface area is 148 Å². The molecule has 0 aliphatic heterocycles. The standard InChI is InChI=1S/C20H17F5O/c1-2-3-13-4-6-15(16(21)10-13)7-5-14-11-17(22)20(18(23)12-14)26-9-8-19(24)25/h4-12,19H,2-3H2,1H3/b7-5+,9-8+. The summed E-state index contributed by atoms with van der Waals surface area (Å²) in [5.41, 5.74) is 1.30. The van der Waals surface area contributed by atoms with Crippen molar-refractivity contribution >= 4 is 12.2 Å². The molecule has 2 rings (SSSR count). The first-order valence-electron chi connectivity index (χ1n) is 7.97. The lowest BCUT2D eigenvalue weighted by Crippen LogP contribution is -1.94. The number of benzene rings is 2. The SMILES string of the molecule is CCCc1ccc(/C=C/c2cc(F)c(O/C=C/C(F)F)c(F)c2)c(F)c1. The van der Waals surface area contributed by atoms with E-state index in [-0.39, 0.29) is 11.1 Å². The predicted molar refractivity (Wildman–Crippen MR) is 91.5 cm³/mol. The van der Waals surface area contributed by atoms with Crippen molar-refractivity contribution in [2.75, 3.05) is 0 Å². The fraction of sp³-hybridized carbons (Fsp3) is 0.200. The summed E-state index contributed by atoms with van der Waals surface area (Å²) in [7, 11) is 0. The number of aryl methyl sites for hydroxylation is 1. The zero-order valence-electron chi connectivity index (χ0n) is 14.0. The third-order valence-electron chi connectivity index (χ3n) is 3.49. The summed E-state index contributed by atoms with van der Waals surface area (Å²) in [5.74, 6) is -3.32. The number of ether oxygens (including phenoxy) is 1. The van der Waals surface area contributed by atoms with Crippen LogP contribution in [0.1, 0.15) is 30.0 Å². The largest absolute Gasteiger partial charge is 0.459 e. The van der Waals surface area contributed by atoms with Gasteiger partial charge in [-0.05, 0) is 35.7 Å². The van der Waals surface area contributed by atoms with Crippen molar-refractivity contribution in [2.24, 2.45) is 0 Å². The van der Waals surface area contributed by atoms with E-state index in [1.807, 2.05) is 6.92 Å². The van der Waals surface area contributed by atoms with E-state index in [0.29, 0.717) is 12.3 Å². The molecular weight excluding hydrogens is 351 g/mol. The molecule has 0 unspecified atom stereocenters. The van der Waals surface area contributed by atoms with E-state index in [4.69, 9.17) is 0 Å². The van der Waals surface area contributed by atoms with E-state index in [1.54, 1.807) is 12.1 Å². The highest BCUT2D eigenvalue weighted by molar-refractivity contribution is 5.70. The van der Waals surface area contributed by atoms with Gasteiger partial charge in [0.25, 0.3) is 6.43 Å². The minimum absolute atomic E-state index is 0.141. The molecule has 0 spiro atoms. The van der Waals surface area contributed by atoms with E-state index >= 15 is 0 Å². The maximum atomic E-state index is 14.0. The lowest BCUT2D eigenvalue weighted by atomic mass is 10.1. The summed E-state index contributed by atoms with van der Waals surface area (Å²) in [6.45, 7) is 1.99. The van der Waals surface area contributed by atoms with Crippen LogP contribution < -0.4 is 4.74 Å². The Balaban J connectivity index is 2.18. The van der Waals surface area contributed by atoms with Crippen molar-refractivity contribution in [3.63, 3.8) is 0 Å². The van der Waals surface area contributed by atoms with Crippen molar-refractivity contribution in [2.45, 2.75) is 26.2 Å². The molecule has 0 aliphatic rings. The lowest BCUT2D eigenvalue weighted by Gasteiger charge is -2.05. The van der Waals surface area contributed by atoms with Gasteiger partial charge >= 0.3 is 0 Å². The molecule has 26 heavy (non-hydrogen) atoms. The van der Waals surface area contributed by atoms with E-state index in [9.17, 15) is 22.0 Å². The van der Waals surface area contributed by atoms with Crippen LogP contribution in [0.25, 0.3) is 12.2 Å². The fourth-order valence-electron chi connectivity index (χ4n) is 2.29. The van der Waals surface area contributed by atoms with Crippen LogP contribution in [0.5, 0.6) is 5.75 Å². The van der Waals surface area contributed by atoms with Crippen LogP contribution in [0.4, 0.5) is 22.0 Å². The Bertz CT molecular complexity index is 789. The number of hydrogen-bond acceptors (Lipinski definition) is 1. The molecule has 0 saturated heterocycles. The van der Waals surface area contributed by atoms with Gasteiger partial charge in [-0.25, -0.2) is 22.0 Å². The van der Waals surface area contributed by atoms with Crippen LogP contribution in [0.3, 0.4) is 0 Å². The van der Waals surface area contributed by atoms with Gasteiger partial charge in [-0.3, -0.25) is 0 Å². The highest BCUT2D eigenvalue weighted by Crippen LogP contribution is 2.25. The van der Waals surface area contributed by atoms with Gasteiger partial charge < -0.3 is 4.74 Å². The first kappa shape index (κ1) is 19.7. The molecule has 0 radical (unpaired) electrons. The molecule has 0 aromatic heterocycles. The van der Waals surface area contributed by atoms with Crippen LogP contribution in [0.2, 0.25) is 0 Å². The van der Waals surface area contributed by atoms with Crippen LogP contribution >= 0.6 is 0 Å². The van der Waals surface area contributed by atoms with Crippen LogP contribution in [-0.4, -0.2) is 6.43 Å². The average Bonchev–Trinajstić information content (AvgIpc) is 2.56. The monoisotopic (exact) mass is 368 g/mol. The average molecular weight is 368 g/mol. The van der Waals surface area contributed by atoms with Gasteiger partial charge in [-0.15, -0.1) is 0 Å². The van der Waals surface area contributed by atoms with Gasteiger partial charge in [0.05, 0.1) is 6.26 Å². The molecular formula is C20H17F5O. The highest BCUT2D eigenvalue weighted by atomic mass is 19.3. The Kier molecular flexibility index (Phi) is 6.95. The van der Waals surface area contributed by atoms with Gasteiger partial charge in [-0.2, -0.15) is 0 Å². The number of halogens is 5. The van der Waals surface area contributed by atoms with E-state index < -0.39 is 29.6 Å². The lowest BCUT2D eigenvalue weighted by molar-refractivity contribution is 0.200. The second-order valence-electron chi connectivity index (χ2n) is 5.53. The molecule has 0 atom stereocenters. The van der Waals surface area contributed by atoms with Crippen molar-refractivity contribution in [3.05, 3.63) is 76.8 Å². The molecule has 1 nitrogen and oxygen atoms in total. The number of hydrogen-bond donors (Lipinski definition) is 0. The van der Waals surface area contributed by atoms with Gasteiger partial charge in [0.15, 0.2) is 17.4 Å². The smallest absolute Gasteiger partial charge is 0.260 e. The van der Waals surface area contributed by atoms with Crippen molar-refractivity contribution < 1.29 is 26.7 Å². The van der Waals surface area contributed by atoms with Crippen LogP contribution in [0, 0.1) is 17.5 Å². The predicted octanol–water partition coefficient (Wildman–Crippen LogP) is 6.38. The molecule has 138 valence electrons. The summed E-state index contributed by atoms with van der Waals surface area (Å²) in [5, 5.41) is 0. The van der Waals surface area contributed by atoms with Crippen LogP contribution in [0.15, 0.2) is 42.7 Å². The Morgan fingerprint density at radius 3 is 2.23 bits per heavy atom. The molecule has 0 aliphatic carbocycles. The summed E-state index contributed by atoms with van der Waals surface area (Å²) in [6.07, 6.45) is 2.50. The molecule has 0 amide bonds. The third-order valence-corrected chi connectivity index (χ3v) is 3.49. The Morgan fingerprint density at radius 2 is 1.65 bits per heavy atom. The normalized spacial score (nSPS) is 11.8. The van der Waals surface area contributed by atoms with Crippen LogP contribution in [-0.2, 0) is 6.42 Å². The van der Waals surface area contributed by atoms with E-state index in [0.717, 1.165) is 30.5 Å². The molecule has 0 heterocycles. The maximum absolute atomic E-state index is 14.0. The quantitative estimate of drug-likeness (QED) is 0.313. The first-order valence-corrected chi connectivity index (χ1v) is 7.97. The molecule has 0 bridgehead atoms. The Morgan fingerprint density at radius 1 is 0.962 bits per heavy atom. The van der Waals surface area contributed by atoms with Crippen molar-refractivity contribution in [1.82, 2.24) is 0 Å². The molecule has 0 fully saturated rings. The fourth-order valence-corrected chi connectivity index (χ4v) is 2.29. The molecule has 6 heteroatoms. The van der Waals surface area contributed by atoms with Gasteiger partial charge in [0.1, 0.15) is 5.82 Å². The summed E-state index contributed by atoms with van der Waals surface area (Å²) in [6, 6.07) is 6.75. The van der Waals surface area contributed by atoms with E-state index in [2.05, 4.69) is 4.74 Å². The molecule has 2 aromatic rings. The summed E-state index contributed by atoms with van der Waals surface area (Å²) in [4.78, 5) is 0. The number of rotatable bonds is 7. The highest BCUT2D eigenvalue weighted by Gasteiger charge is 2.11. The Hall–Kier alpha value is -2.63. The third kappa shape index (κ3) is 5.44. The maximum Gasteiger partial charge on any atom is 0.260 e. The second kappa shape index (κ2) is 9.17. The van der Waals surface area contributed by atoms with Gasteiger partial charge in [-0.1, -0.05) is 37.6 Å². The summed E-state index contributed by atoms with van der Waals surface area (Å²) < 4.78 is 70.3. The molecule has 0 N–H and O–H groups in total. The van der Waals surface area contributed by atoms with Crippen molar-refractivity contribution in [3.8, 4) is 5.75 Å². The second-order valence-corrected chi connectivity index (χ2v) is 5.53. The first-order chi connectivity index (χ1) is 12.4. The minimum atomic E-state index is -2.79. The number of alkyl halides is 2. The van der Waals surface area contributed by atoms with E-state index in [1.165, 1.54) is 18.2 Å². The summed E-state index contributed by atoms with van der Waals surface area (Å²) >= 11 is 0.